The van der Waals surface area contributed by atoms with Gasteiger partial charge in [0.2, 0.25) is 11.0 Å². The summed E-state index contributed by atoms with van der Waals surface area (Å²) >= 11 is 0. The van der Waals surface area contributed by atoms with Crippen molar-refractivity contribution >= 4 is 85.4 Å². The molecule has 0 unspecified atom stereocenters. The van der Waals surface area contributed by atoms with Crippen molar-refractivity contribution in [2.24, 2.45) is 0 Å². The number of carbonyl (C=O) groups excluding carboxylic acids is 2. The van der Waals surface area contributed by atoms with E-state index in [1.165, 1.54) is 0 Å². The molecule has 12 heteroatoms. The molecule has 0 bridgehead atoms. The van der Waals surface area contributed by atoms with Crippen molar-refractivity contribution in [3.8, 4) is 0 Å². The summed E-state index contributed by atoms with van der Waals surface area (Å²) in [6.45, 7) is 0. The molecule has 0 spiro atoms. The number of hydrogen-bond acceptors (Lipinski definition) is 4. The summed E-state index contributed by atoms with van der Waals surface area (Å²) in [5.41, 5.74) is -2.23. The zero-order valence-corrected chi connectivity index (χ0v) is 11.3. The summed E-state index contributed by atoms with van der Waals surface area (Å²) in [6.07, 6.45) is 0.982. The average molecular weight is 350 g/mol. The van der Waals surface area contributed by atoms with Gasteiger partial charge in [-0.1, -0.05) is 12.8 Å². The Morgan fingerprint density at radius 1 is 0.650 bits per heavy atom. The van der Waals surface area contributed by atoms with Gasteiger partial charge in [-0.3, -0.25) is 18.7 Å². The van der Waals surface area contributed by atoms with Gasteiger partial charge in [0.25, 0.3) is 0 Å². The summed E-state index contributed by atoms with van der Waals surface area (Å²) in [4.78, 5) is 55.6. The second-order valence-electron chi connectivity index (χ2n) is 3.79. The Bertz CT molecular complexity index is 363. The molecule has 0 saturated carbocycles. The van der Waals surface area contributed by atoms with Crippen molar-refractivity contribution < 1.29 is 38.3 Å². The van der Waals surface area contributed by atoms with Crippen LogP contribution in [0, 0.1) is 0 Å². The van der Waals surface area contributed by atoms with Crippen LogP contribution in [0.25, 0.3) is 0 Å². The van der Waals surface area contributed by atoms with E-state index < -0.39 is 26.2 Å². The quantitative estimate of drug-likeness (QED) is 0.246. The van der Waals surface area contributed by atoms with Gasteiger partial charge in [-0.15, -0.1) is 0 Å². The standard InChI is InChI=1S/C8H16O8P2.2Na.2H/c9-7(17(11,12)13)5-3-1-2-4-6-8(10)18(14,15)16;;;;/h1-6H2,(H2,11,12,13)(H2,14,15,16);;;;. The summed E-state index contributed by atoms with van der Waals surface area (Å²) in [5, 5.41) is 0. The molecule has 0 atom stereocenters. The van der Waals surface area contributed by atoms with Gasteiger partial charge in [0.05, 0.1) is 0 Å². The fraction of sp³-hybridized carbons (Fsp3) is 0.750. The first-order chi connectivity index (χ1) is 8.05. The van der Waals surface area contributed by atoms with Crippen LogP contribution in [-0.4, -0.2) is 89.7 Å². The van der Waals surface area contributed by atoms with Crippen molar-refractivity contribution in [2.45, 2.75) is 38.5 Å². The molecule has 20 heavy (non-hydrogen) atoms. The first-order valence-electron chi connectivity index (χ1n) is 5.23. The normalized spacial score (nSPS) is 11.2. The van der Waals surface area contributed by atoms with E-state index >= 15 is 0 Å². The van der Waals surface area contributed by atoms with Crippen LogP contribution in [-0.2, 0) is 18.7 Å². The van der Waals surface area contributed by atoms with E-state index in [1.54, 1.807) is 0 Å². The summed E-state index contributed by atoms with van der Waals surface area (Å²) in [6, 6.07) is 0. The predicted molar refractivity (Wildman–Crippen MR) is 76.1 cm³/mol. The van der Waals surface area contributed by atoms with Gasteiger partial charge in [0.1, 0.15) is 0 Å². The zero-order valence-electron chi connectivity index (χ0n) is 9.56. The van der Waals surface area contributed by atoms with E-state index in [9.17, 15) is 18.7 Å². The third-order valence-corrected chi connectivity index (χ3v) is 3.93. The molecule has 110 valence electrons. The minimum absolute atomic E-state index is 0. The molecule has 8 nitrogen and oxygen atoms in total. The monoisotopic (exact) mass is 350 g/mol. The molecule has 0 heterocycles. The predicted octanol–water partition coefficient (Wildman–Crippen LogP) is -0.561. The Kier molecular flexibility index (Phi) is 16.1. The first kappa shape index (κ1) is 26.5. The van der Waals surface area contributed by atoms with Crippen LogP contribution in [0.2, 0.25) is 0 Å². The zero-order chi connectivity index (χ0) is 14.4. The van der Waals surface area contributed by atoms with Crippen LogP contribution in [0.3, 0.4) is 0 Å². The maximum atomic E-state index is 10.8. The molecular formula is C8H18Na2O8P2. The molecule has 0 aromatic carbocycles. The van der Waals surface area contributed by atoms with Crippen LogP contribution in [0.1, 0.15) is 38.5 Å². The van der Waals surface area contributed by atoms with E-state index in [-0.39, 0.29) is 84.8 Å². The topological polar surface area (TPSA) is 149 Å². The van der Waals surface area contributed by atoms with Crippen molar-refractivity contribution in [1.82, 2.24) is 0 Å². The van der Waals surface area contributed by atoms with Crippen LogP contribution in [0.5, 0.6) is 0 Å². The molecule has 0 aliphatic heterocycles. The van der Waals surface area contributed by atoms with Gasteiger partial charge in [-0.2, -0.15) is 0 Å². The molecule has 0 aromatic rings. The Morgan fingerprint density at radius 2 is 0.900 bits per heavy atom. The molecule has 0 aromatic heterocycles. The van der Waals surface area contributed by atoms with E-state index in [1.807, 2.05) is 0 Å². The summed E-state index contributed by atoms with van der Waals surface area (Å²) in [7, 11) is -9.29. The Hall–Kier alpha value is 1.64. The van der Waals surface area contributed by atoms with Crippen LogP contribution >= 0.6 is 15.2 Å². The number of hydrogen-bond donors (Lipinski definition) is 4. The van der Waals surface area contributed by atoms with Gasteiger partial charge in [0.15, 0.2) is 0 Å². The molecule has 0 fully saturated rings. The molecule has 0 rings (SSSR count). The van der Waals surface area contributed by atoms with Crippen molar-refractivity contribution in [3.05, 3.63) is 0 Å². The molecule has 4 N–H and O–H groups in total. The second kappa shape index (κ2) is 12.1. The number of rotatable bonds is 9. The Labute approximate surface area is 161 Å². The fourth-order valence-electron chi connectivity index (χ4n) is 1.20. The Balaban J connectivity index is -0.00000144. The molecule has 0 saturated heterocycles. The van der Waals surface area contributed by atoms with Crippen molar-refractivity contribution in [1.29, 1.82) is 0 Å². The second-order valence-corrected chi connectivity index (χ2v) is 6.96. The molecule has 0 aliphatic rings. The van der Waals surface area contributed by atoms with Gasteiger partial charge >= 0.3 is 74.3 Å². The number of unbranched alkanes of at least 4 members (excludes halogenated alkanes) is 3. The molecule has 0 amide bonds. The van der Waals surface area contributed by atoms with Crippen molar-refractivity contribution in [2.75, 3.05) is 0 Å². The summed E-state index contributed by atoms with van der Waals surface area (Å²) in [5.74, 6) is 0. The van der Waals surface area contributed by atoms with Crippen LogP contribution in [0.15, 0.2) is 0 Å². The van der Waals surface area contributed by atoms with Gasteiger partial charge in [-0.25, -0.2) is 0 Å². The third-order valence-electron chi connectivity index (χ3n) is 2.18. The maximum absolute atomic E-state index is 10.8. The number of carbonyl (C=O) groups is 2. The van der Waals surface area contributed by atoms with Crippen LogP contribution in [0.4, 0.5) is 0 Å². The fourth-order valence-corrected chi connectivity index (χ4v) is 2.10. The molecule has 0 aliphatic carbocycles. The average Bonchev–Trinajstić information content (AvgIpc) is 2.19. The van der Waals surface area contributed by atoms with E-state index in [4.69, 9.17) is 19.6 Å². The Morgan fingerprint density at radius 3 is 1.10 bits per heavy atom. The third kappa shape index (κ3) is 13.3. The van der Waals surface area contributed by atoms with Gasteiger partial charge < -0.3 is 19.6 Å². The minimum atomic E-state index is -4.65. The first-order valence-corrected chi connectivity index (χ1v) is 8.45. The van der Waals surface area contributed by atoms with E-state index in [0.717, 1.165) is 0 Å². The van der Waals surface area contributed by atoms with E-state index in [0.29, 0.717) is 12.8 Å². The van der Waals surface area contributed by atoms with Gasteiger partial charge in [0, 0.05) is 12.8 Å². The molecule has 0 radical (unpaired) electrons. The van der Waals surface area contributed by atoms with Gasteiger partial charge in [-0.05, 0) is 12.8 Å². The van der Waals surface area contributed by atoms with Crippen LogP contribution < -0.4 is 0 Å². The molecular weight excluding hydrogens is 332 g/mol. The summed E-state index contributed by atoms with van der Waals surface area (Å²) < 4.78 is 20.9. The SMILES string of the molecule is O=C(CCCCCCC(=O)P(=O)(O)O)P(=O)(O)O.[NaH].[NaH]. The van der Waals surface area contributed by atoms with E-state index in [2.05, 4.69) is 0 Å². The van der Waals surface area contributed by atoms with Crippen molar-refractivity contribution in [3.63, 3.8) is 0 Å².